The van der Waals surface area contributed by atoms with Gasteiger partial charge in [0.25, 0.3) is 0 Å². The predicted molar refractivity (Wildman–Crippen MR) is 61.9 cm³/mol. The molecule has 4 heteroatoms. The van der Waals surface area contributed by atoms with Crippen LogP contribution in [0.25, 0.3) is 0 Å². The molecule has 2 rings (SSSR count). The van der Waals surface area contributed by atoms with Crippen LogP contribution >= 0.6 is 11.6 Å². The number of hydrogen-bond donors (Lipinski definition) is 1. The molecule has 1 saturated heterocycles. The molecule has 16 heavy (non-hydrogen) atoms. The summed E-state index contributed by atoms with van der Waals surface area (Å²) in [5.74, 6) is 0.688. The van der Waals surface area contributed by atoms with Crippen LogP contribution in [0.4, 0.5) is 0 Å². The van der Waals surface area contributed by atoms with Crippen molar-refractivity contribution >= 4 is 11.6 Å². The minimum atomic E-state index is -0.652. The van der Waals surface area contributed by atoms with Crippen LogP contribution in [0.1, 0.15) is 24.5 Å². The zero-order valence-corrected chi connectivity index (χ0v) is 9.91. The molecule has 1 heterocycles. The Labute approximate surface area is 99.9 Å². The van der Waals surface area contributed by atoms with Crippen molar-refractivity contribution in [3.63, 3.8) is 0 Å². The average molecular weight is 243 g/mol. The van der Waals surface area contributed by atoms with Crippen molar-refractivity contribution in [2.45, 2.75) is 25.0 Å². The van der Waals surface area contributed by atoms with Crippen LogP contribution in [0.3, 0.4) is 0 Å². The molecule has 1 fully saturated rings. The van der Waals surface area contributed by atoms with Crippen LogP contribution in [0.2, 0.25) is 5.02 Å². The molecule has 0 radical (unpaired) electrons. The molecule has 0 amide bonds. The Morgan fingerprint density at radius 2 is 2.38 bits per heavy atom. The van der Waals surface area contributed by atoms with Crippen LogP contribution in [0.5, 0.6) is 5.75 Å². The standard InChI is InChI=1S/C12H15ClO3/c1-15-8-4-5-9(10(13)7-8)12(14)11-3-2-6-16-11/h4-5,7,11-12,14H,2-3,6H2,1H3. The van der Waals surface area contributed by atoms with Crippen LogP contribution in [-0.2, 0) is 4.74 Å². The lowest BCUT2D eigenvalue weighted by molar-refractivity contribution is -0.00255. The van der Waals surface area contributed by atoms with Crippen LogP contribution < -0.4 is 4.74 Å². The largest absolute Gasteiger partial charge is 0.497 e. The third-order valence-corrected chi connectivity index (χ3v) is 3.17. The highest BCUT2D eigenvalue weighted by Gasteiger charge is 2.26. The first-order valence-corrected chi connectivity index (χ1v) is 5.73. The summed E-state index contributed by atoms with van der Waals surface area (Å²) in [5.41, 5.74) is 0.703. The van der Waals surface area contributed by atoms with Gasteiger partial charge in [-0.15, -0.1) is 0 Å². The summed E-state index contributed by atoms with van der Waals surface area (Å²) >= 11 is 6.09. The second-order valence-electron chi connectivity index (χ2n) is 3.88. The minimum Gasteiger partial charge on any atom is -0.497 e. The second kappa shape index (κ2) is 5.04. The van der Waals surface area contributed by atoms with Crippen LogP contribution in [0, 0.1) is 0 Å². The first-order chi connectivity index (χ1) is 7.72. The average Bonchev–Trinajstić information content (AvgIpc) is 2.81. The molecule has 1 aromatic carbocycles. The Hall–Kier alpha value is -0.770. The first-order valence-electron chi connectivity index (χ1n) is 5.35. The van der Waals surface area contributed by atoms with Gasteiger partial charge in [-0.2, -0.15) is 0 Å². The van der Waals surface area contributed by atoms with E-state index >= 15 is 0 Å². The molecule has 1 aliphatic rings. The summed E-state index contributed by atoms with van der Waals surface area (Å²) in [7, 11) is 1.59. The summed E-state index contributed by atoms with van der Waals surface area (Å²) in [6.07, 6.45) is 1.09. The molecule has 1 aromatic rings. The number of benzene rings is 1. The van der Waals surface area contributed by atoms with Gasteiger partial charge < -0.3 is 14.6 Å². The molecule has 3 nitrogen and oxygen atoms in total. The number of aliphatic hydroxyl groups excluding tert-OH is 1. The summed E-state index contributed by atoms with van der Waals surface area (Å²) in [4.78, 5) is 0. The van der Waals surface area contributed by atoms with E-state index in [9.17, 15) is 5.11 Å². The highest BCUT2D eigenvalue weighted by atomic mass is 35.5. The maximum absolute atomic E-state index is 10.1. The first kappa shape index (κ1) is 11.7. The number of methoxy groups -OCH3 is 1. The molecule has 0 aromatic heterocycles. The number of halogens is 1. The Morgan fingerprint density at radius 3 is 2.94 bits per heavy atom. The maximum atomic E-state index is 10.1. The third kappa shape index (κ3) is 2.32. The van der Waals surface area contributed by atoms with Gasteiger partial charge >= 0.3 is 0 Å². The quantitative estimate of drug-likeness (QED) is 0.886. The van der Waals surface area contributed by atoms with E-state index in [-0.39, 0.29) is 6.10 Å². The van der Waals surface area contributed by atoms with Crippen LogP contribution in [-0.4, -0.2) is 24.9 Å². The van der Waals surface area contributed by atoms with E-state index in [0.717, 1.165) is 19.4 Å². The third-order valence-electron chi connectivity index (χ3n) is 2.84. The molecular formula is C12H15ClO3. The summed E-state index contributed by atoms with van der Waals surface area (Å²) in [6.45, 7) is 0.718. The Morgan fingerprint density at radius 1 is 1.56 bits per heavy atom. The highest BCUT2D eigenvalue weighted by molar-refractivity contribution is 6.31. The fraction of sp³-hybridized carbons (Fsp3) is 0.500. The van der Waals surface area contributed by atoms with Gasteiger partial charge in [-0.3, -0.25) is 0 Å². The molecule has 2 atom stereocenters. The number of hydrogen-bond acceptors (Lipinski definition) is 3. The van der Waals surface area contributed by atoms with E-state index < -0.39 is 6.10 Å². The normalized spacial score (nSPS) is 22.1. The van der Waals surface area contributed by atoms with Crippen molar-refractivity contribution in [3.05, 3.63) is 28.8 Å². The van der Waals surface area contributed by atoms with Gasteiger partial charge in [0.1, 0.15) is 11.9 Å². The van der Waals surface area contributed by atoms with Crippen molar-refractivity contribution < 1.29 is 14.6 Å². The monoisotopic (exact) mass is 242 g/mol. The number of rotatable bonds is 3. The zero-order valence-electron chi connectivity index (χ0n) is 9.15. The molecule has 0 bridgehead atoms. The fourth-order valence-electron chi connectivity index (χ4n) is 1.93. The summed E-state index contributed by atoms with van der Waals surface area (Å²) in [5, 5.41) is 10.6. The second-order valence-corrected chi connectivity index (χ2v) is 4.29. The van der Waals surface area contributed by atoms with Gasteiger partial charge in [-0.05, 0) is 25.0 Å². The Balaban J connectivity index is 2.19. The molecule has 0 aliphatic carbocycles. The van der Waals surface area contributed by atoms with Crippen LogP contribution in [0.15, 0.2) is 18.2 Å². The van der Waals surface area contributed by atoms with Gasteiger partial charge in [0, 0.05) is 12.2 Å². The van der Waals surface area contributed by atoms with Gasteiger partial charge in [0.15, 0.2) is 0 Å². The lowest BCUT2D eigenvalue weighted by atomic mass is 10.0. The molecule has 1 aliphatic heterocycles. The minimum absolute atomic E-state index is 0.133. The molecule has 2 unspecified atom stereocenters. The lowest BCUT2D eigenvalue weighted by Crippen LogP contribution is -2.17. The summed E-state index contributed by atoms with van der Waals surface area (Å²) in [6, 6.07) is 5.28. The van der Waals surface area contributed by atoms with E-state index in [2.05, 4.69) is 0 Å². The Bertz CT molecular complexity index is 361. The Kier molecular flexibility index (Phi) is 3.69. The SMILES string of the molecule is COc1ccc(C(O)C2CCCO2)c(Cl)c1. The van der Waals surface area contributed by atoms with Gasteiger partial charge in [0.2, 0.25) is 0 Å². The number of ether oxygens (including phenoxy) is 2. The zero-order chi connectivity index (χ0) is 11.5. The van der Waals surface area contributed by atoms with Gasteiger partial charge in [0.05, 0.1) is 18.2 Å². The van der Waals surface area contributed by atoms with E-state index in [1.54, 1.807) is 25.3 Å². The van der Waals surface area contributed by atoms with Crippen molar-refractivity contribution in [1.82, 2.24) is 0 Å². The lowest BCUT2D eigenvalue weighted by Gasteiger charge is -2.19. The maximum Gasteiger partial charge on any atom is 0.120 e. The topological polar surface area (TPSA) is 38.7 Å². The van der Waals surface area contributed by atoms with E-state index in [1.165, 1.54) is 0 Å². The van der Waals surface area contributed by atoms with Gasteiger partial charge in [-0.25, -0.2) is 0 Å². The van der Waals surface area contributed by atoms with E-state index in [4.69, 9.17) is 21.1 Å². The predicted octanol–water partition coefficient (Wildman–Crippen LogP) is 2.56. The molecule has 1 N–H and O–H groups in total. The molecule has 88 valence electrons. The van der Waals surface area contributed by atoms with Crippen molar-refractivity contribution in [2.75, 3.05) is 13.7 Å². The van der Waals surface area contributed by atoms with Crippen molar-refractivity contribution in [2.24, 2.45) is 0 Å². The van der Waals surface area contributed by atoms with E-state index in [0.29, 0.717) is 16.3 Å². The molecular weight excluding hydrogens is 228 g/mol. The molecule has 0 spiro atoms. The fourth-order valence-corrected chi connectivity index (χ4v) is 2.21. The van der Waals surface area contributed by atoms with Crippen molar-refractivity contribution in [3.8, 4) is 5.75 Å². The van der Waals surface area contributed by atoms with Gasteiger partial charge in [-0.1, -0.05) is 17.7 Å². The summed E-state index contributed by atoms with van der Waals surface area (Å²) < 4.78 is 10.5. The smallest absolute Gasteiger partial charge is 0.120 e. The highest BCUT2D eigenvalue weighted by Crippen LogP contribution is 2.33. The van der Waals surface area contributed by atoms with Crippen molar-refractivity contribution in [1.29, 1.82) is 0 Å². The number of aliphatic hydroxyl groups is 1. The molecule has 0 saturated carbocycles. The van der Waals surface area contributed by atoms with E-state index in [1.807, 2.05) is 0 Å².